The molecule has 0 bridgehead atoms. The van der Waals surface area contributed by atoms with Gasteiger partial charge < -0.3 is 24.1 Å². The smallest absolute Gasteiger partial charge is 0.251 e. The Kier molecular flexibility index (Phi) is 8.44. The number of carbonyl (C=O) groups is 1. The van der Waals surface area contributed by atoms with Gasteiger partial charge in [-0.2, -0.15) is 0 Å². The van der Waals surface area contributed by atoms with E-state index < -0.39 is 0 Å². The van der Waals surface area contributed by atoms with E-state index in [0.717, 1.165) is 53.9 Å². The van der Waals surface area contributed by atoms with Crippen LogP contribution < -0.4 is 19.5 Å². The molecule has 4 rings (SSSR count). The Hall–Kier alpha value is -4.00. The van der Waals surface area contributed by atoms with Crippen LogP contribution in [0.4, 0.5) is 0 Å². The second kappa shape index (κ2) is 12.1. The summed E-state index contributed by atoms with van der Waals surface area (Å²) in [5.41, 5.74) is 3.81. The SMILES string of the molecule is COc1ccccc1Cn1c(CCCCCNC(=O)c2ccc(OC)c(OC)c2)nc2ccccc21. The fourth-order valence-electron chi connectivity index (χ4n) is 4.36. The Labute approximate surface area is 212 Å². The molecular formula is C29H33N3O4. The van der Waals surface area contributed by atoms with Crippen molar-refractivity contribution in [3.05, 3.63) is 83.7 Å². The van der Waals surface area contributed by atoms with E-state index in [9.17, 15) is 4.79 Å². The number of aromatic nitrogens is 2. The fourth-order valence-corrected chi connectivity index (χ4v) is 4.36. The quantitative estimate of drug-likeness (QED) is 0.276. The number of imidazole rings is 1. The molecule has 3 aromatic carbocycles. The van der Waals surface area contributed by atoms with Crippen LogP contribution in [0.3, 0.4) is 0 Å². The summed E-state index contributed by atoms with van der Waals surface area (Å²) >= 11 is 0. The maximum atomic E-state index is 12.5. The van der Waals surface area contributed by atoms with Gasteiger partial charge in [0, 0.05) is 24.1 Å². The highest BCUT2D eigenvalue weighted by molar-refractivity contribution is 5.94. The van der Waals surface area contributed by atoms with E-state index in [0.29, 0.717) is 30.2 Å². The summed E-state index contributed by atoms with van der Waals surface area (Å²) in [5.74, 6) is 2.98. The van der Waals surface area contributed by atoms with Gasteiger partial charge in [0.05, 0.1) is 38.9 Å². The number of carbonyl (C=O) groups excluding carboxylic acids is 1. The monoisotopic (exact) mass is 487 g/mol. The minimum atomic E-state index is -0.116. The molecule has 36 heavy (non-hydrogen) atoms. The van der Waals surface area contributed by atoms with Crippen molar-refractivity contribution in [2.75, 3.05) is 27.9 Å². The normalized spacial score (nSPS) is 10.9. The van der Waals surface area contributed by atoms with E-state index in [1.54, 1.807) is 39.5 Å². The third kappa shape index (κ3) is 5.79. The van der Waals surface area contributed by atoms with Crippen molar-refractivity contribution in [2.24, 2.45) is 0 Å². The molecule has 188 valence electrons. The molecule has 0 fully saturated rings. The first-order valence-electron chi connectivity index (χ1n) is 12.2. The van der Waals surface area contributed by atoms with Crippen molar-refractivity contribution in [3.63, 3.8) is 0 Å². The maximum absolute atomic E-state index is 12.5. The van der Waals surface area contributed by atoms with Gasteiger partial charge in [0.1, 0.15) is 11.6 Å². The number of benzene rings is 3. The Morgan fingerprint density at radius 3 is 2.39 bits per heavy atom. The van der Waals surface area contributed by atoms with Crippen molar-refractivity contribution in [1.82, 2.24) is 14.9 Å². The average molecular weight is 488 g/mol. The van der Waals surface area contributed by atoms with E-state index in [-0.39, 0.29) is 5.91 Å². The number of hydrogen-bond donors (Lipinski definition) is 1. The molecule has 0 unspecified atom stereocenters. The lowest BCUT2D eigenvalue weighted by molar-refractivity contribution is 0.0952. The lowest BCUT2D eigenvalue weighted by Gasteiger charge is -2.13. The number of nitrogens with zero attached hydrogens (tertiary/aromatic N) is 2. The number of ether oxygens (including phenoxy) is 3. The Balaban J connectivity index is 1.32. The number of hydrogen-bond acceptors (Lipinski definition) is 5. The Morgan fingerprint density at radius 1 is 0.833 bits per heavy atom. The first-order valence-corrected chi connectivity index (χ1v) is 12.2. The number of unbranched alkanes of at least 4 members (excludes halogenated alkanes) is 2. The molecule has 0 aliphatic carbocycles. The molecule has 1 amide bonds. The largest absolute Gasteiger partial charge is 0.496 e. The number of rotatable bonds is 12. The van der Waals surface area contributed by atoms with Crippen LogP contribution in [0.2, 0.25) is 0 Å². The van der Waals surface area contributed by atoms with Crippen LogP contribution in [0, 0.1) is 0 Å². The molecule has 4 aromatic rings. The minimum absolute atomic E-state index is 0.116. The first-order chi connectivity index (χ1) is 17.6. The summed E-state index contributed by atoms with van der Waals surface area (Å²) < 4.78 is 18.4. The van der Waals surface area contributed by atoms with E-state index in [1.165, 1.54) is 0 Å². The number of amides is 1. The van der Waals surface area contributed by atoms with Crippen molar-refractivity contribution in [1.29, 1.82) is 0 Å². The van der Waals surface area contributed by atoms with Gasteiger partial charge in [-0.3, -0.25) is 4.79 Å². The number of methoxy groups -OCH3 is 3. The molecule has 7 nitrogen and oxygen atoms in total. The highest BCUT2D eigenvalue weighted by atomic mass is 16.5. The second-order valence-electron chi connectivity index (χ2n) is 8.55. The zero-order valence-corrected chi connectivity index (χ0v) is 21.1. The summed E-state index contributed by atoms with van der Waals surface area (Å²) in [6, 6.07) is 21.5. The lowest BCUT2D eigenvalue weighted by Crippen LogP contribution is -2.24. The molecule has 0 saturated carbocycles. The van der Waals surface area contributed by atoms with Crippen LogP contribution in [0.25, 0.3) is 11.0 Å². The van der Waals surface area contributed by atoms with Gasteiger partial charge in [-0.25, -0.2) is 4.98 Å². The standard InChI is InChI=1S/C29H33N3O4/c1-34-25-14-9-6-11-22(25)20-32-24-13-8-7-12-23(24)31-28(32)15-5-4-10-18-30-29(33)21-16-17-26(35-2)27(19-21)36-3/h6-9,11-14,16-17,19H,4-5,10,15,18,20H2,1-3H3,(H,30,33). The third-order valence-electron chi connectivity index (χ3n) is 6.26. The molecule has 1 N–H and O–H groups in total. The molecule has 0 radical (unpaired) electrons. The van der Waals surface area contributed by atoms with Gasteiger partial charge in [0.15, 0.2) is 11.5 Å². The average Bonchev–Trinajstić information content (AvgIpc) is 3.27. The van der Waals surface area contributed by atoms with Crippen LogP contribution in [0.5, 0.6) is 17.2 Å². The summed E-state index contributed by atoms with van der Waals surface area (Å²) in [7, 11) is 4.84. The van der Waals surface area contributed by atoms with Gasteiger partial charge >= 0.3 is 0 Å². The van der Waals surface area contributed by atoms with Gasteiger partial charge in [0.25, 0.3) is 5.91 Å². The van der Waals surface area contributed by atoms with Crippen molar-refractivity contribution in [2.45, 2.75) is 32.2 Å². The lowest BCUT2D eigenvalue weighted by atomic mass is 10.1. The minimum Gasteiger partial charge on any atom is -0.496 e. The Bertz CT molecular complexity index is 1320. The summed E-state index contributed by atoms with van der Waals surface area (Å²) in [6.45, 7) is 1.33. The molecule has 0 saturated heterocycles. The van der Waals surface area contributed by atoms with E-state index >= 15 is 0 Å². The molecular weight excluding hydrogens is 454 g/mol. The summed E-state index contributed by atoms with van der Waals surface area (Å²) in [4.78, 5) is 17.4. The van der Waals surface area contributed by atoms with Gasteiger partial charge in [-0.05, 0) is 49.2 Å². The fraction of sp³-hybridized carbons (Fsp3) is 0.310. The highest BCUT2D eigenvalue weighted by Crippen LogP contribution is 2.27. The molecule has 7 heteroatoms. The molecule has 0 atom stereocenters. The first kappa shape index (κ1) is 25.1. The zero-order valence-electron chi connectivity index (χ0n) is 21.1. The van der Waals surface area contributed by atoms with Gasteiger partial charge in [0.2, 0.25) is 0 Å². The zero-order chi connectivity index (χ0) is 25.3. The van der Waals surface area contributed by atoms with Crippen LogP contribution in [-0.2, 0) is 13.0 Å². The van der Waals surface area contributed by atoms with Crippen molar-refractivity contribution < 1.29 is 19.0 Å². The van der Waals surface area contributed by atoms with E-state index in [4.69, 9.17) is 19.2 Å². The number of para-hydroxylation sites is 3. The van der Waals surface area contributed by atoms with Crippen molar-refractivity contribution >= 4 is 16.9 Å². The summed E-state index contributed by atoms with van der Waals surface area (Å²) in [5, 5.41) is 2.99. The van der Waals surface area contributed by atoms with Crippen LogP contribution in [-0.4, -0.2) is 43.3 Å². The Morgan fingerprint density at radius 2 is 1.58 bits per heavy atom. The van der Waals surface area contributed by atoms with Crippen molar-refractivity contribution in [3.8, 4) is 17.2 Å². The predicted molar refractivity (Wildman–Crippen MR) is 141 cm³/mol. The number of fused-ring (bicyclic) bond motifs is 1. The molecule has 0 spiro atoms. The van der Waals surface area contributed by atoms with Crippen LogP contribution in [0.1, 0.15) is 41.0 Å². The van der Waals surface area contributed by atoms with Gasteiger partial charge in [-0.15, -0.1) is 0 Å². The van der Waals surface area contributed by atoms with Crippen LogP contribution >= 0.6 is 0 Å². The molecule has 0 aliphatic rings. The molecule has 1 heterocycles. The molecule has 0 aliphatic heterocycles. The number of nitrogens with one attached hydrogen (secondary N) is 1. The topological polar surface area (TPSA) is 74.6 Å². The van der Waals surface area contributed by atoms with Crippen LogP contribution in [0.15, 0.2) is 66.7 Å². The van der Waals surface area contributed by atoms with Gasteiger partial charge in [-0.1, -0.05) is 36.8 Å². The number of aryl methyl sites for hydroxylation is 1. The summed E-state index contributed by atoms with van der Waals surface area (Å²) in [6.07, 6.45) is 3.74. The highest BCUT2D eigenvalue weighted by Gasteiger charge is 2.13. The second-order valence-corrected chi connectivity index (χ2v) is 8.55. The molecule has 1 aromatic heterocycles. The maximum Gasteiger partial charge on any atom is 0.251 e. The predicted octanol–water partition coefficient (Wildman–Crippen LogP) is 5.25. The van der Waals surface area contributed by atoms with E-state index in [2.05, 4.69) is 28.1 Å². The third-order valence-corrected chi connectivity index (χ3v) is 6.26. The van der Waals surface area contributed by atoms with E-state index in [1.807, 2.05) is 30.3 Å².